The number of anilines is 1. The summed E-state index contributed by atoms with van der Waals surface area (Å²) in [4.78, 5) is 13.1. The van der Waals surface area contributed by atoms with E-state index >= 15 is 0 Å². The van der Waals surface area contributed by atoms with Gasteiger partial charge in [0.25, 0.3) is 0 Å². The van der Waals surface area contributed by atoms with Gasteiger partial charge in [-0.1, -0.05) is 6.07 Å². The maximum absolute atomic E-state index is 13.0. The first-order valence-corrected chi connectivity index (χ1v) is 10.6. The third-order valence-corrected chi connectivity index (χ3v) is 6.54. The van der Waals surface area contributed by atoms with Gasteiger partial charge in [-0.25, -0.2) is 13.1 Å². The zero-order valence-corrected chi connectivity index (χ0v) is 17.6. The van der Waals surface area contributed by atoms with E-state index in [1.807, 2.05) is 0 Å². The van der Waals surface area contributed by atoms with Crippen LogP contribution in [0.1, 0.15) is 39.2 Å². The van der Waals surface area contributed by atoms with E-state index in [9.17, 15) is 13.2 Å². The van der Waals surface area contributed by atoms with E-state index < -0.39 is 21.0 Å². The molecule has 7 nitrogen and oxygen atoms in total. The topological polar surface area (TPSA) is 96.5 Å². The van der Waals surface area contributed by atoms with Crippen molar-refractivity contribution in [2.24, 2.45) is 5.41 Å². The summed E-state index contributed by atoms with van der Waals surface area (Å²) in [5.41, 5.74) is -0.109. The number of nitrogens with one attached hydrogen (secondary N) is 3. The van der Waals surface area contributed by atoms with Crippen LogP contribution in [0.25, 0.3) is 0 Å². The number of aryl methyl sites for hydroxylation is 1. The van der Waals surface area contributed by atoms with Crippen LogP contribution < -0.4 is 15.4 Å². The molecule has 0 atom stereocenters. The van der Waals surface area contributed by atoms with Crippen molar-refractivity contribution in [3.63, 3.8) is 0 Å². The van der Waals surface area contributed by atoms with Gasteiger partial charge in [0.15, 0.2) is 0 Å². The second kappa shape index (κ2) is 8.26. The number of hydrogen-bond donors (Lipinski definition) is 3. The number of hydrogen-bond acceptors (Lipinski definition) is 5. The third kappa shape index (κ3) is 5.51. The molecule has 1 heterocycles. The molecular formula is C19H31N3O4S. The molecule has 1 aromatic rings. The molecule has 0 unspecified atom stereocenters. The van der Waals surface area contributed by atoms with Crippen LogP contribution >= 0.6 is 0 Å². The highest BCUT2D eigenvalue weighted by atomic mass is 32.2. The van der Waals surface area contributed by atoms with Crippen LogP contribution in [-0.4, -0.2) is 46.7 Å². The number of rotatable bonds is 6. The Bertz CT molecular complexity index is 773. The summed E-state index contributed by atoms with van der Waals surface area (Å²) in [6, 6.07) is 4.95. The molecule has 1 amide bonds. The molecule has 1 aliphatic rings. The number of methoxy groups -OCH3 is 1. The molecule has 0 saturated carbocycles. The zero-order valence-electron chi connectivity index (χ0n) is 16.8. The lowest BCUT2D eigenvalue weighted by Crippen LogP contribution is -2.47. The SMILES string of the molecule is COCC1(C(=O)Nc2ccc(C)c(S(=O)(=O)NC(C)(C)C)c2)CCNCC1. The first-order valence-electron chi connectivity index (χ1n) is 9.15. The van der Waals surface area contributed by atoms with Gasteiger partial charge >= 0.3 is 0 Å². The van der Waals surface area contributed by atoms with E-state index in [0.717, 1.165) is 13.1 Å². The smallest absolute Gasteiger partial charge is 0.241 e. The predicted molar refractivity (Wildman–Crippen MR) is 106 cm³/mol. The molecule has 8 heteroatoms. The van der Waals surface area contributed by atoms with E-state index in [0.29, 0.717) is 30.7 Å². The summed E-state index contributed by atoms with van der Waals surface area (Å²) >= 11 is 0. The van der Waals surface area contributed by atoms with Gasteiger partial charge in [0.1, 0.15) is 0 Å². The van der Waals surface area contributed by atoms with Gasteiger partial charge in [0.05, 0.1) is 16.9 Å². The first-order chi connectivity index (χ1) is 12.5. The number of piperidine rings is 1. The van der Waals surface area contributed by atoms with Crippen molar-refractivity contribution in [3.8, 4) is 0 Å². The van der Waals surface area contributed by atoms with E-state index in [1.165, 1.54) is 6.07 Å². The standard InChI is InChI=1S/C19H31N3O4S/c1-14-6-7-15(12-16(14)27(24,25)22-18(2,3)4)21-17(23)19(13-26-5)8-10-20-11-9-19/h6-7,12,20,22H,8-11,13H2,1-5H3,(H,21,23). The van der Waals surface area contributed by atoms with Crippen LogP contribution in [0.15, 0.2) is 23.1 Å². The fourth-order valence-corrected chi connectivity index (χ4v) is 5.00. The number of benzene rings is 1. The molecule has 1 saturated heterocycles. The number of carbonyl (C=O) groups is 1. The van der Waals surface area contributed by atoms with E-state index in [-0.39, 0.29) is 10.8 Å². The molecular weight excluding hydrogens is 366 g/mol. The summed E-state index contributed by atoms with van der Waals surface area (Å²) < 4.78 is 33.4. The Balaban J connectivity index is 2.28. The zero-order chi connectivity index (χ0) is 20.3. The normalized spacial score (nSPS) is 17.5. The highest BCUT2D eigenvalue weighted by molar-refractivity contribution is 7.89. The van der Waals surface area contributed by atoms with Gasteiger partial charge in [-0.05, 0) is 71.3 Å². The van der Waals surface area contributed by atoms with Crippen LogP contribution in [0, 0.1) is 12.3 Å². The largest absolute Gasteiger partial charge is 0.384 e. The summed E-state index contributed by atoms with van der Waals surface area (Å²) in [5.74, 6) is -0.137. The third-order valence-electron chi connectivity index (χ3n) is 4.64. The highest BCUT2D eigenvalue weighted by Crippen LogP contribution is 2.31. The van der Waals surface area contributed by atoms with Crippen LogP contribution in [0.3, 0.4) is 0 Å². The molecule has 3 N–H and O–H groups in total. The minimum absolute atomic E-state index is 0.137. The maximum Gasteiger partial charge on any atom is 0.241 e. The molecule has 0 radical (unpaired) electrons. The highest BCUT2D eigenvalue weighted by Gasteiger charge is 2.39. The predicted octanol–water partition coefficient (Wildman–Crippen LogP) is 2.03. The fourth-order valence-electron chi connectivity index (χ4n) is 3.31. The molecule has 1 aromatic carbocycles. The van der Waals surface area contributed by atoms with Crippen LogP contribution in [0.2, 0.25) is 0 Å². The van der Waals surface area contributed by atoms with Gasteiger partial charge in [0.2, 0.25) is 15.9 Å². The van der Waals surface area contributed by atoms with Crippen LogP contribution in [0.5, 0.6) is 0 Å². The Labute approximate surface area is 162 Å². The Morgan fingerprint density at radius 2 is 1.89 bits per heavy atom. The molecule has 27 heavy (non-hydrogen) atoms. The molecule has 2 rings (SSSR count). The van der Waals surface area contributed by atoms with Gasteiger partial charge in [-0.3, -0.25) is 4.79 Å². The fraction of sp³-hybridized carbons (Fsp3) is 0.632. The summed E-state index contributed by atoms with van der Waals surface area (Å²) in [6.45, 7) is 8.94. The van der Waals surface area contributed by atoms with Gasteiger partial charge < -0.3 is 15.4 Å². The quantitative estimate of drug-likeness (QED) is 0.682. The van der Waals surface area contributed by atoms with Crippen molar-refractivity contribution in [2.75, 3.05) is 32.1 Å². The Morgan fingerprint density at radius 3 is 2.44 bits per heavy atom. The van der Waals surface area contributed by atoms with Crippen LogP contribution in [-0.2, 0) is 19.6 Å². The summed E-state index contributed by atoms with van der Waals surface area (Å²) in [6.07, 6.45) is 1.35. The maximum atomic E-state index is 13.0. The molecule has 0 aromatic heterocycles. The van der Waals surface area contributed by atoms with Gasteiger partial charge in [0, 0.05) is 18.3 Å². The van der Waals surface area contributed by atoms with Crippen molar-refractivity contribution in [2.45, 2.75) is 51.0 Å². The van der Waals surface area contributed by atoms with Gasteiger partial charge in [-0.2, -0.15) is 0 Å². The van der Waals surface area contributed by atoms with E-state index in [1.54, 1.807) is 46.9 Å². The number of carbonyl (C=O) groups excluding carboxylic acids is 1. The molecule has 0 spiro atoms. The molecule has 0 aliphatic carbocycles. The average molecular weight is 398 g/mol. The Morgan fingerprint density at radius 1 is 1.26 bits per heavy atom. The minimum atomic E-state index is -3.69. The second-order valence-electron chi connectivity index (χ2n) is 8.25. The lowest BCUT2D eigenvalue weighted by atomic mass is 9.78. The molecule has 0 bridgehead atoms. The van der Waals surface area contributed by atoms with Crippen molar-refractivity contribution in [1.82, 2.24) is 10.0 Å². The summed E-state index contributed by atoms with van der Waals surface area (Å²) in [7, 11) is -2.10. The lowest BCUT2D eigenvalue weighted by Gasteiger charge is -2.35. The van der Waals surface area contributed by atoms with Crippen molar-refractivity contribution < 1.29 is 17.9 Å². The number of ether oxygens (including phenoxy) is 1. The van der Waals surface area contributed by atoms with Crippen molar-refractivity contribution in [3.05, 3.63) is 23.8 Å². The molecule has 1 fully saturated rings. The average Bonchev–Trinajstić information content (AvgIpc) is 2.55. The van der Waals surface area contributed by atoms with Crippen LogP contribution in [0.4, 0.5) is 5.69 Å². The minimum Gasteiger partial charge on any atom is -0.384 e. The monoisotopic (exact) mass is 397 g/mol. The number of amides is 1. The number of sulfonamides is 1. The van der Waals surface area contributed by atoms with E-state index in [4.69, 9.17) is 4.74 Å². The Kier molecular flexibility index (Phi) is 6.68. The van der Waals surface area contributed by atoms with E-state index in [2.05, 4.69) is 15.4 Å². The first kappa shape index (κ1) is 21.8. The molecule has 1 aliphatic heterocycles. The molecule has 152 valence electrons. The van der Waals surface area contributed by atoms with Crippen molar-refractivity contribution in [1.29, 1.82) is 0 Å². The van der Waals surface area contributed by atoms with Gasteiger partial charge in [-0.15, -0.1) is 0 Å². The second-order valence-corrected chi connectivity index (χ2v) is 9.90. The van der Waals surface area contributed by atoms with Crippen molar-refractivity contribution >= 4 is 21.6 Å². The lowest BCUT2D eigenvalue weighted by molar-refractivity contribution is -0.130. The summed E-state index contributed by atoms with van der Waals surface area (Å²) in [5, 5.41) is 6.15. The Hall–Kier alpha value is -1.48.